The Morgan fingerprint density at radius 2 is 2.00 bits per heavy atom. The van der Waals surface area contributed by atoms with Crippen LogP contribution in [-0.4, -0.2) is 33.6 Å². The lowest BCUT2D eigenvalue weighted by Crippen LogP contribution is -2.45. The van der Waals surface area contributed by atoms with Crippen molar-refractivity contribution < 1.29 is 17.9 Å². The normalized spacial score (nSPS) is 12.2. The molecule has 0 radical (unpaired) electrons. The van der Waals surface area contributed by atoms with E-state index in [4.69, 9.17) is 5.73 Å². The molecule has 20 heavy (non-hydrogen) atoms. The van der Waals surface area contributed by atoms with Crippen LogP contribution >= 0.6 is 0 Å². The van der Waals surface area contributed by atoms with Crippen molar-refractivity contribution in [3.63, 3.8) is 0 Å². The van der Waals surface area contributed by atoms with Gasteiger partial charge in [0.05, 0.1) is 17.6 Å². The van der Waals surface area contributed by atoms with Gasteiger partial charge in [-0.2, -0.15) is 0 Å². The molecule has 0 aliphatic heterocycles. The minimum absolute atomic E-state index is 0.00718. The van der Waals surface area contributed by atoms with Gasteiger partial charge in [-0.05, 0) is 38.5 Å². The van der Waals surface area contributed by atoms with Crippen LogP contribution in [0.15, 0.2) is 23.1 Å². The summed E-state index contributed by atoms with van der Waals surface area (Å²) >= 11 is 0. The van der Waals surface area contributed by atoms with E-state index in [1.165, 1.54) is 19.2 Å². The monoisotopic (exact) mass is 300 g/mol. The van der Waals surface area contributed by atoms with Crippen LogP contribution < -0.4 is 10.5 Å². The summed E-state index contributed by atoms with van der Waals surface area (Å²) in [6.45, 7) is 5.23. The average Bonchev–Trinajstić information content (AvgIpc) is 2.35. The quantitative estimate of drug-likeness (QED) is 0.784. The second-order valence-electron chi connectivity index (χ2n) is 5.28. The average molecular weight is 300 g/mol. The Balaban J connectivity index is 3.11. The van der Waals surface area contributed by atoms with E-state index in [0.29, 0.717) is 5.56 Å². The minimum Gasteiger partial charge on any atom is -0.465 e. The third-order valence-electron chi connectivity index (χ3n) is 2.64. The summed E-state index contributed by atoms with van der Waals surface area (Å²) in [4.78, 5) is 11.6. The largest absolute Gasteiger partial charge is 0.465 e. The highest BCUT2D eigenvalue weighted by Gasteiger charge is 2.21. The number of carbonyl (C=O) groups excluding carboxylic acids is 1. The molecule has 1 aromatic rings. The standard InChI is InChI=1S/C13H20N2O4S/c1-9-5-6-10(7-11(9)12(16)19-4)20(17,18)15-8-13(2,3)14/h5-7,15H,8,14H2,1-4H3. The number of hydrogen-bond acceptors (Lipinski definition) is 5. The summed E-state index contributed by atoms with van der Waals surface area (Å²) in [6, 6.07) is 4.30. The summed E-state index contributed by atoms with van der Waals surface area (Å²) in [5, 5.41) is 0. The summed E-state index contributed by atoms with van der Waals surface area (Å²) in [7, 11) is -2.46. The first-order valence-electron chi connectivity index (χ1n) is 6.04. The van der Waals surface area contributed by atoms with Gasteiger partial charge in [-0.3, -0.25) is 0 Å². The molecule has 0 spiro atoms. The molecule has 0 aromatic heterocycles. The van der Waals surface area contributed by atoms with Gasteiger partial charge in [0, 0.05) is 12.1 Å². The number of esters is 1. The molecule has 3 N–H and O–H groups in total. The van der Waals surface area contributed by atoms with Crippen molar-refractivity contribution in [3.05, 3.63) is 29.3 Å². The predicted molar refractivity (Wildman–Crippen MR) is 76.0 cm³/mol. The Morgan fingerprint density at radius 1 is 1.40 bits per heavy atom. The van der Waals surface area contributed by atoms with E-state index in [0.717, 1.165) is 0 Å². The lowest BCUT2D eigenvalue weighted by molar-refractivity contribution is 0.0599. The van der Waals surface area contributed by atoms with E-state index in [1.807, 2.05) is 0 Å². The van der Waals surface area contributed by atoms with Gasteiger partial charge in [0.1, 0.15) is 0 Å². The number of nitrogens with two attached hydrogens (primary N) is 1. The zero-order valence-electron chi connectivity index (χ0n) is 12.1. The SMILES string of the molecule is COC(=O)c1cc(S(=O)(=O)NCC(C)(C)N)ccc1C. The maximum atomic E-state index is 12.1. The molecule has 6 nitrogen and oxygen atoms in total. The minimum atomic E-state index is -3.71. The fourth-order valence-electron chi connectivity index (χ4n) is 1.46. The van der Waals surface area contributed by atoms with E-state index in [-0.39, 0.29) is 17.0 Å². The lowest BCUT2D eigenvalue weighted by atomic mass is 10.1. The first-order valence-corrected chi connectivity index (χ1v) is 7.53. The van der Waals surface area contributed by atoms with Crippen LogP contribution in [0.3, 0.4) is 0 Å². The highest BCUT2D eigenvalue weighted by molar-refractivity contribution is 7.89. The number of ether oxygens (including phenoxy) is 1. The smallest absolute Gasteiger partial charge is 0.338 e. The summed E-state index contributed by atoms with van der Waals surface area (Å²) in [6.07, 6.45) is 0. The molecule has 0 heterocycles. The van der Waals surface area contributed by atoms with Gasteiger partial charge in [0.25, 0.3) is 0 Å². The maximum Gasteiger partial charge on any atom is 0.338 e. The van der Waals surface area contributed by atoms with Crippen LogP contribution in [0.2, 0.25) is 0 Å². The van der Waals surface area contributed by atoms with Crippen LogP contribution in [0.5, 0.6) is 0 Å². The first-order chi connectivity index (χ1) is 9.07. The number of nitrogens with one attached hydrogen (secondary N) is 1. The molecule has 0 aliphatic carbocycles. The topological polar surface area (TPSA) is 98.5 Å². The molecular weight excluding hydrogens is 280 g/mol. The molecule has 1 rings (SSSR count). The van der Waals surface area contributed by atoms with Crippen LogP contribution in [0.25, 0.3) is 0 Å². The van der Waals surface area contributed by atoms with Gasteiger partial charge in [0.2, 0.25) is 10.0 Å². The highest BCUT2D eigenvalue weighted by Crippen LogP contribution is 2.16. The zero-order chi connectivity index (χ0) is 15.6. The second-order valence-corrected chi connectivity index (χ2v) is 7.05. The highest BCUT2D eigenvalue weighted by atomic mass is 32.2. The number of methoxy groups -OCH3 is 1. The molecule has 0 bridgehead atoms. The van der Waals surface area contributed by atoms with Crippen molar-refractivity contribution in [3.8, 4) is 0 Å². The van der Waals surface area contributed by atoms with Gasteiger partial charge >= 0.3 is 5.97 Å². The fraction of sp³-hybridized carbons (Fsp3) is 0.462. The van der Waals surface area contributed by atoms with Gasteiger partial charge in [-0.25, -0.2) is 17.9 Å². The third-order valence-corrected chi connectivity index (χ3v) is 4.04. The van der Waals surface area contributed by atoms with Gasteiger partial charge in [0.15, 0.2) is 0 Å². The number of sulfonamides is 1. The van der Waals surface area contributed by atoms with E-state index in [9.17, 15) is 13.2 Å². The Labute approximate surface area is 119 Å². The molecular formula is C13H20N2O4S. The van der Waals surface area contributed by atoms with Crippen LogP contribution in [0.1, 0.15) is 29.8 Å². The number of hydrogen-bond donors (Lipinski definition) is 2. The molecule has 0 aliphatic rings. The molecule has 1 aromatic carbocycles. The molecule has 112 valence electrons. The third kappa shape index (κ3) is 4.29. The van der Waals surface area contributed by atoms with Crippen LogP contribution in [-0.2, 0) is 14.8 Å². The van der Waals surface area contributed by atoms with Crippen molar-refractivity contribution in [2.24, 2.45) is 5.73 Å². The van der Waals surface area contributed by atoms with Gasteiger partial charge < -0.3 is 10.5 Å². The first kappa shape index (κ1) is 16.6. The summed E-state index contributed by atoms with van der Waals surface area (Å²) in [5.41, 5.74) is 5.95. The summed E-state index contributed by atoms with van der Waals surface area (Å²) < 4.78 is 31.3. The molecule has 0 unspecified atom stereocenters. The second kappa shape index (κ2) is 5.90. The molecule has 7 heteroatoms. The van der Waals surface area contributed by atoms with Gasteiger partial charge in [-0.15, -0.1) is 0 Å². The van der Waals surface area contributed by atoms with Crippen molar-refractivity contribution in [1.29, 1.82) is 0 Å². The maximum absolute atomic E-state index is 12.1. The Hall–Kier alpha value is -1.44. The Kier molecular flexibility index (Phi) is 4.90. The van der Waals surface area contributed by atoms with E-state index < -0.39 is 21.5 Å². The van der Waals surface area contributed by atoms with E-state index in [1.54, 1.807) is 26.8 Å². The van der Waals surface area contributed by atoms with E-state index in [2.05, 4.69) is 9.46 Å². The summed E-state index contributed by atoms with van der Waals surface area (Å²) in [5.74, 6) is -0.571. The number of carbonyl (C=O) groups is 1. The number of benzene rings is 1. The predicted octanol–water partition coefficient (Wildman–Crippen LogP) is 0.797. The fourth-order valence-corrected chi connectivity index (χ4v) is 2.71. The number of aryl methyl sites for hydroxylation is 1. The van der Waals surface area contributed by atoms with Crippen molar-refractivity contribution >= 4 is 16.0 Å². The van der Waals surface area contributed by atoms with Crippen LogP contribution in [0.4, 0.5) is 0 Å². The Morgan fingerprint density at radius 3 is 2.50 bits per heavy atom. The number of rotatable bonds is 5. The molecule has 0 amide bonds. The molecule has 0 fully saturated rings. The van der Waals surface area contributed by atoms with Crippen molar-refractivity contribution in [2.45, 2.75) is 31.2 Å². The molecule has 0 atom stereocenters. The molecule has 0 saturated heterocycles. The van der Waals surface area contributed by atoms with Crippen LogP contribution in [0, 0.1) is 6.92 Å². The van der Waals surface area contributed by atoms with Crippen molar-refractivity contribution in [1.82, 2.24) is 4.72 Å². The van der Waals surface area contributed by atoms with Crippen molar-refractivity contribution in [2.75, 3.05) is 13.7 Å². The van der Waals surface area contributed by atoms with E-state index >= 15 is 0 Å². The van der Waals surface area contributed by atoms with Gasteiger partial charge in [-0.1, -0.05) is 6.07 Å². The zero-order valence-corrected chi connectivity index (χ0v) is 12.9. The lowest BCUT2D eigenvalue weighted by Gasteiger charge is -2.19. The molecule has 0 saturated carbocycles. The Bertz CT molecular complexity index is 603.